The minimum absolute atomic E-state index is 0.0203. The highest BCUT2D eigenvalue weighted by atomic mass is 16.5. The molecule has 0 radical (unpaired) electrons. The zero-order chi connectivity index (χ0) is 24.0. The molecule has 0 N–H and O–H groups in total. The lowest BCUT2D eigenvalue weighted by atomic mass is 9.80. The first-order valence-electron chi connectivity index (χ1n) is 12.5. The maximum atomic E-state index is 13.3. The Hall–Kier alpha value is -2.57. The van der Waals surface area contributed by atoms with Gasteiger partial charge in [0.05, 0.1) is 31.5 Å². The van der Waals surface area contributed by atoms with Crippen molar-refractivity contribution in [3.63, 3.8) is 0 Å². The minimum Gasteiger partial charge on any atom is -0.493 e. The highest BCUT2D eigenvalue weighted by Crippen LogP contribution is 2.44. The fourth-order valence-electron chi connectivity index (χ4n) is 5.12. The molecule has 0 unspecified atom stereocenters. The number of amides is 1. The molecule has 4 rings (SSSR count). The number of methoxy groups -OCH3 is 1. The standard InChI is InChI=1S/C28H37NO5/c1-4-17-33-24-12-11-22(18-26(24)31-3)27(30)29-15-13-28(14-16-29)20-23(32-5-2)19-25(34-28)21-9-7-6-8-10-21/h6-12,18,23,25H,4-5,13-17,19-20H2,1-3H3/t23-,25-/m0/s1. The SMILES string of the molecule is CCCOc1ccc(C(=O)N2CCC3(CC2)C[C@@H](OCC)C[C@@H](c2ccccc2)O3)cc1OC. The number of carbonyl (C=O) groups is 1. The van der Waals surface area contributed by atoms with Gasteiger partial charge in [-0.1, -0.05) is 37.3 Å². The first-order valence-corrected chi connectivity index (χ1v) is 12.5. The first kappa shape index (κ1) is 24.6. The third-order valence-electron chi connectivity index (χ3n) is 6.88. The van der Waals surface area contributed by atoms with Gasteiger partial charge in [-0.3, -0.25) is 4.79 Å². The molecule has 2 aromatic rings. The van der Waals surface area contributed by atoms with Crippen LogP contribution in [-0.2, 0) is 9.47 Å². The van der Waals surface area contributed by atoms with E-state index in [1.807, 2.05) is 30.0 Å². The van der Waals surface area contributed by atoms with Crippen molar-refractivity contribution in [2.45, 2.75) is 63.8 Å². The monoisotopic (exact) mass is 467 g/mol. The quantitative estimate of drug-likeness (QED) is 0.519. The van der Waals surface area contributed by atoms with Crippen molar-refractivity contribution in [2.24, 2.45) is 0 Å². The van der Waals surface area contributed by atoms with Crippen LogP contribution in [0.25, 0.3) is 0 Å². The maximum absolute atomic E-state index is 13.3. The summed E-state index contributed by atoms with van der Waals surface area (Å²) in [5, 5.41) is 0. The van der Waals surface area contributed by atoms with E-state index in [0.717, 1.165) is 32.1 Å². The number of benzene rings is 2. The van der Waals surface area contributed by atoms with Gasteiger partial charge in [0.2, 0.25) is 0 Å². The fourth-order valence-corrected chi connectivity index (χ4v) is 5.12. The molecule has 0 saturated carbocycles. The van der Waals surface area contributed by atoms with Crippen molar-refractivity contribution in [2.75, 3.05) is 33.4 Å². The van der Waals surface area contributed by atoms with Gasteiger partial charge in [-0.2, -0.15) is 0 Å². The average Bonchev–Trinajstić information content (AvgIpc) is 2.88. The summed E-state index contributed by atoms with van der Waals surface area (Å²) in [5.74, 6) is 1.28. The number of hydrogen-bond acceptors (Lipinski definition) is 5. The number of nitrogens with zero attached hydrogens (tertiary/aromatic N) is 1. The smallest absolute Gasteiger partial charge is 0.253 e. The number of piperidine rings is 1. The van der Waals surface area contributed by atoms with Crippen LogP contribution in [0.1, 0.15) is 68.0 Å². The third-order valence-corrected chi connectivity index (χ3v) is 6.88. The lowest BCUT2D eigenvalue weighted by Gasteiger charge is -2.48. The highest BCUT2D eigenvalue weighted by Gasteiger charge is 2.45. The van der Waals surface area contributed by atoms with E-state index in [9.17, 15) is 4.79 Å². The van der Waals surface area contributed by atoms with Gasteiger partial charge in [-0.15, -0.1) is 0 Å². The Kier molecular flexibility index (Phi) is 8.11. The number of rotatable bonds is 8. The molecule has 34 heavy (non-hydrogen) atoms. The summed E-state index contributed by atoms with van der Waals surface area (Å²) in [7, 11) is 1.60. The first-order chi connectivity index (χ1) is 16.6. The predicted octanol–water partition coefficient (Wildman–Crippen LogP) is 5.42. The van der Waals surface area contributed by atoms with E-state index >= 15 is 0 Å². The third kappa shape index (κ3) is 5.56. The summed E-state index contributed by atoms with van der Waals surface area (Å²) in [4.78, 5) is 15.2. The van der Waals surface area contributed by atoms with Crippen molar-refractivity contribution in [1.82, 2.24) is 4.90 Å². The summed E-state index contributed by atoms with van der Waals surface area (Å²) in [6.07, 6.45) is 4.47. The van der Waals surface area contributed by atoms with Gasteiger partial charge in [0.15, 0.2) is 11.5 Å². The number of hydrogen-bond donors (Lipinski definition) is 0. The summed E-state index contributed by atoms with van der Waals surface area (Å²) in [6.45, 7) is 6.75. The van der Waals surface area contributed by atoms with Crippen LogP contribution in [0.2, 0.25) is 0 Å². The van der Waals surface area contributed by atoms with Crippen molar-refractivity contribution >= 4 is 5.91 Å². The second kappa shape index (κ2) is 11.2. The molecule has 2 fully saturated rings. The van der Waals surface area contributed by atoms with Crippen LogP contribution in [-0.4, -0.2) is 55.9 Å². The maximum Gasteiger partial charge on any atom is 0.253 e. The van der Waals surface area contributed by atoms with Gasteiger partial charge in [0.1, 0.15) is 0 Å². The van der Waals surface area contributed by atoms with E-state index in [0.29, 0.717) is 43.4 Å². The second-order valence-corrected chi connectivity index (χ2v) is 9.22. The van der Waals surface area contributed by atoms with Crippen molar-refractivity contribution in [1.29, 1.82) is 0 Å². The van der Waals surface area contributed by atoms with E-state index in [1.54, 1.807) is 13.2 Å². The zero-order valence-electron chi connectivity index (χ0n) is 20.6. The Bertz CT molecular complexity index is 939. The van der Waals surface area contributed by atoms with Gasteiger partial charge < -0.3 is 23.8 Å². The zero-order valence-corrected chi connectivity index (χ0v) is 20.6. The van der Waals surface area contributed by atoms with Gasteiger partial charge in [0, 0.05) is 38.1 Å². The number of likely N-dealkylation sites (tertiary alicyclic amines) is 1. The number of carbonyl (C=O) groups excluding carboxylic acids is 1. The summed E-state index contributed by atoms with van der Waals surface area (Å²) >= 11 is 0. The van der Waals surface area contributed by atoms with E-state index in [-0.39, 0.29) is 23.7 Å². The molecule has 184 valence electrons. The van der Waals surface area contributed by atoms with Gasteiger partial charge in [-0.05, 0) is 49.9 Å². The fraction of sp³-hybridized carbons (Fsp3) is 0.536. The highest BCUT2D eigenvalue weighted by molar-refractivity contribution is 5.95. The molecule has 6 nitrogen and oxygen atoms in total. The molecule has 1 amide bonds. The van der Waals surface area contributed by atoms with E-state index in [4.69, 9.17) is 18.9 Å². The molecule has 1 spiro atoms. The minimum atomic E-state index is -0.259. The summed E-state index contributed by atoms with van der Waals surface area (Å²) in [5.41, 5.74) is 1.56. The van der Waals surface area contributed by atoms with Gasteiger partial charge in [0.25, 0.3) is 5.91 Å². The molecule has 6 heteroatoms. The number of ether oxygens (including phenoxy) is 4. The van der Waals surface area contributed by atoms with E-state index in [2.05, 4.69) is 31.2 Å². The molecule has 2 aliphatic rings. The summed E-state index contributed by atoms with van der Waals surface area (Å²) in [6, 6.07) is 15.9. The molecular weight excluding hydrogens is 430 g/mol. The Morgan fingerprint density at radius 3 is 2.53 bits per heavy atom. The van der Waals surface area contributed by atoms with Crippen LogP contribution in [0, 0.1) is 0 Å². The van der Waals surface area contributed by atoms with Crippen LogP contribution in [0.4, 0.5) is 0 Å². The normalized spacial score (nSPS) is 21.9. The molecular formula is C28H37NO5. The molecule has 0 aromatic heterocycles. The van der Waals surface area contributed by atoms with Gasteiger partial charge in [-0.25, -0.2) is 0 Å². The average molecular weight is 468 g/mol. The Morgan fingerprint density at radius 2 is 1.85 bits per heavy atom. The summed E-state index contributed by atoms with van der Waals surface area (Å²) < 4.78 is 24.0. The van der Waals surface area contributed by atoms with Crippen LogP contribution in [0.5, 0.6) is 11.5 Å². The Labute approximate surface area is 203 Å². The molecule has 2 atom stereocenters. The lowest BCUT2D eigenvalue weighted by molar-refractivity contribution is -0.190. The Balaban J connectivity index is 1.44. The molecule has 0 bridgehead atoms. The van der Waals surface area contributed by atoms with Crippen LogP contribution < -0.4 is 9.47 Å². The van der Waals surface area contributed by atoms with Crippen LogP contribution in [0.15, 0.2) is 48.5 Å². The topological polar surface area (TPSA) is 57.2 Å². The predicted molar refractivity (Wildman–Crippen MR) is 132 cm³/mol. The lowest BCUT2D eigenvalue weighted by Crippen LogP contribution is -2.52. The molecule has 2 saturated heterocycles. The van der Waals surface area contributed by atoms with Gasteiger partial charge >= 0.3 is 0 Å². The second-order valence-electron chi connectivity index (χ2n) is 9.22. The van der Waals surface area contributed by atoms with E-state index < -0.39 is 0 Å². The largest absolute Gasteiger partial charge is 0.493 e. The van der Waals surface area contributed by atoms with Crippen molar-refractivity contribution < 1.29 is 23.7 Å². The molecule has 2 aliphatic heterocycles. The molecule has 2 aromatic carbocycles. The van der Waals surface area contributed by atoms with Crippen molar-refractivity contribution in [3.8, 4) is 11.5 Å². The van der Waals surface area contributed by atoms with Crippen LogP contribution in [0.3, 0.4) is 0 Å². The van der Waals surface area contributed by atoms with E-state index in [1.165, 1.54) is 5.56 Å². The van der Waals surface area contributed by atoms with Crippen LogP contribution >= 0.6 is 0 Å². The molecule has 0 aliphatic carbocycles. The Morgan fingerprint density at radius 1 is 1.09 bits per heavy atom. The molecule has 2 heterocycles. The van der Waals surface area contributed by atoms with Crippen molar-refractivity contribution in [3.05, 3.63) is 59.7 Å².